The zero-order valence-corrected chi connectivity index (χ0v) is 24.2. The lowest BCUT2D eigenvalue weighted by Crippen LogP contribution is -2.50. The zero-order valence-electron chi connectivity index (χ0n) is 22.6. The number of carbonyl (C=O) groups is 2. The van der Waals surface area contributed by atoms with Crippen LogP contribution in [0.4, 0.5) is 18.9 Å². The molecule has 3 rings (SSSR count). The number of carbonyl (C=O) groups excluding carboxylic acids is 2. The van der Waals surface area contributed by atoms with Crippen molar-refractivity contribution in [2.24, 2.45) is 0 Å². The maximum absolute atomic E-state index is 13.4. The minimum atomic E-state index is -4.64. The van der Waals surface area contributed by atoms with Crippen LogP contribution in [-0.4, -0.2) is 50.0 Å². The van der Waals surface area contributed by atoms with Crippen molar-refractivity contribution in [1.29, 1.82) is 0 Å². The fraction of sp³-hybridized carbons (Fsp3) is 0.500. The van der Waals surface area contributed by atoms with Crippen LogP contribution in [-0.2, 0) is 32.3 Å². The molecule has 2 amide bonds. The Labute approximate surface area is 238 Å². The second-order valence-electron chi connectivity index (χ2n) is 10.1. The van der Waals surface area contributed by atoms with Crippen molar-refractivity contribution in [3.63, 3.8) is 0 Å². The second kappa shape index (κ2) is 13.7. The van der Waals surface area contributed by atoms with Crippen molar-refractivity contribution >= 4 is 39.1 Å². The molecule has 0 aromatic heterocycles. The second-order valence-corrected chi connectivity index (χ2v) is 12.4. The van der Waals surface area contributed by atoms with Crippen LogP contribution in [0.1, 0.15) is 63.0 Å². The van der Waals surface area contributed by atoms with E-state index in [1.807, 2.05) is 0 Å². The molecule has 0 aliphatic heterocycles. The van der Waals surface area contributed by atoms with Gasteiger partial charge in [0.05, 0.1) is 17.5 Å². The summed E-state index contributed by atoms with van der Waals surface area (Å²) in [5.41, 5.74) is -0.465. The highest BCUT2D eigenvalue weighted by Crippen LogP contribution is 2.32. The molecule has 12 heteroatoms. The number of halogens is 4. The van der Waals surface area contributed by atoms with Gasteiger partial charge in [-0.1, -0.05) is 55.1 Å². The third kappa shape index (κ3) is 8.86. The summed E-state index contributed by atoms with van der Waals surface area (Å²) in [5.74, 6) is -0.683. The molecule has 1 fully saturated rings. The number of sulfonamides is 1. The molecule has 0 heterocycles. The predicted molar refractivity (Wildman–Crippen MR) is 149 cm³/mol. The van der Waals surface area contributed by atoms with Crippen molar-refractivity contribution < 1.29 is 31.2 Å². The molecule has 1 atom stereocenters. The molecule has 2 aromatic rings. The Morgan fingerprint density at radius 3 is 2.38 bits per heavy atom. The largest absolute Gasteiger partial charge is 0.416 e. The van der Waals surface area contributed by atoms with Gasteiger partial charge in [-0.15, -0.1) is 0 Å². The molecular weight excluding hydrogens is 567 g/mol. The first-order valence-electron chi connectivity index (χ1n) is 13.3. The highest BCUT2D eigenvalue weighted by Gasteiger charge is 2.32. The zero-order chi connectivity index (χ0) is 29.5. The summed E-state index contributed by atoms with van der Waals surface area (Å²) < 4.78 is 65.4. The number of nitrogens with zero attached hydrogens (tertiary/aromatic N) is 2. The summed E-state index contributed by atoms with van der Waals surface area (Å²) in [6.07, 6.45) is 1.12. The van der Waals surface area contributed by atoms with E-state index in [9.17, 15) is 31.2 Å². The van der Waals surface area contributed by atoms with Crippen molar-refractivity contribution in [2.75, 3.05) is 17.1 Å². The topological polar surface area (TPSA) is 86.8 Å². The number of hydrogen-bond donors (Lipinski definition) is 1. The van der Waals surface area contributed by atoms with Crippen LogP contribution in [0.2, 0.25) is 5.02 Å². The van der Waals surface area contributed by atoms with Crippen LogP contribution in [0.3, 0.4) is 0 Å². The Kier molecular flexibility index (Phi) is 10.9. The van der Waals surface area contributed by atoms with Gasteiger partial charge in [0.25, 0.3) is 0 Å². The van der Waals surface area contributed by atoms with Crippen molar-refractivity contribution in [3.05, 3.63) is 64.7 Å². The minimum Gasteiger partial charge on any atom is -0.352 e. The monoisotopic (exact) mass is 601 g/mol. The van der Waals surface area contributed by atoms with E-state index in [4.69, 9.17) is 11.6 Å². The van der Waals surface area contributed by atoms with E-state index >= 15 is 0 Å². The molecular formula is C28H35ClF3N3O4S. The summed E-state index contributed by atoms with van der Waals surface area (Å²) in [7, 11) is -3.94. The molecule has 220 valence electrons. The lowest BCUT2D eigenvalue weighted by molar-refractivity contribution is -0.141. The fourth-order valence-electron chi connectivity index (χ4n) is 4.80. The third-order valence-corrected chi connectivity index (χ3v) is 8.59. The van der Waals surface area contributed by atoms with Crippen LogP contribution in [0.5, 0.6) is 0 Å². The van der Waals surface area contributed by atoms with E-state index < -0.39 is 33.7 Å². The maximum Gasteiger partial charge on any atom is 0.416 e. The van der Waals surface area contributed by atoms with E-state index in [1.54, 1.807) is 31.2 Å². The number of rotatable bonds is 11. The number of benzene rings is 2. The first kappa shape index (κ1) is 31.7. The normalized spacial score (nSPS) is 15.3. The SMILES string of the molecule is CC(C(=O)NC1CCCCC1)N(Cc1ccccc1Cl)C(=O)CCCN(c1cccc(C(F)(F)F)c1)S(C)(=O)=O. The van der Waals surface area contributed by atoms with Gasteiger partial charge in [-0.3, -0.25) is 13.9 Å². The molecule has 0 radical (unpaired) electrons. The fourth-order valence-corrected chi connectivity index (χ4v) is 5.96. The van der Waals surface area contributed by atoms with Gasteiger partial charge in [0.15, 0.2) is 0 Å². The molecule has 7 nitrogen and oxygen atoms in total. The highest BCUT2D eigenvalue weighted by atomic mass is 35.5. The molecule has 0 saturated heterocycles. The van der Waals surface area contributed by atoms with Crippen molar-refractivity contribution in [3.8, 4) is 0 Å². The van der Waals surface area contributed by atoms with Gasteiger partial charge in [-0.25, -0.2) is 8.42 Å². The van der Waals surface area contributed by atoms with Gasteiger partial charge in [0.1, 0.15) is 6.04 Å². The van der Waals surface area contributed by atoms with E-state index in [-0.39, 0.29) is 43.6 Å². The Morgan fingerprint density at radius 1 is 1.07 bits per heavy atom. The molecule has 1 unspecified atom stereocenters. The molecule has 0 bridgehead atoms. The van der Waals surface area contributed by atoms with Gasteiger partial charge in [-0.2, -0.15) is 13.2 Å². The Balaban J connectivity index is 1.75. The molecule has 1 aliphatic rings. The summed E-state index contributed by atoms with van der Waals surface area (Å²) in [5, 5.41) is 3.48. The highest BCUT2D eigenvalue weighted by molar-refractivity contribution is 7.92. The summed E-state index contributed by atoms with van der Waals surface area (Å²) in [6, 6.07) is 10.2. The predicted octanol–water partition coefficient (Wildman–Crippen LogP) is 5.77. The third-order valence-electron chi connectivity index (χ3n) is 7.03. The van der Waals surface area contributed by atoms with E-state index in [0.717, 1.165) is 60.9 Å². The van der Waals surface area contributed by atoms with Gasteiger partial charge < -0.3 is 10.2 Å². The number of anilines is 1. The van der Waals surface area contributed by atoms with Gasteiger partial charge in [0, 0.05) is 30.6 Å². The standard InChI is InChI=1S/C28H35ClF3N3O4S/c1-20(27(37)33-23-12-4-3-5-13-23)34(19-21-10-6-7-15-25(21)29)26(36)16-9-17-35(40(2,38)39)24-14-8-11-22(18-24)28(30,31)32/h6-8,10-11,14-15,18,20,23H,3-5,9,12-13,16-17,19H2,1-2H3,(H,33,37). The van der Waals surface area contributed by atoms with E-state index in [2.05, 4.69) is 5.32 Å². The number of hydrogen-bond acceptors (Lipinski definition) is 4. The quantitative estimate of drug-likeness (QED) is 0.354. The van der Waals surface area contributed by atoms with Crippen LogP contribution >= 0.6 is 11.6 Å². The number of alkyl halides is 3. The van der Waals surface area contributed by atoms with Gasteiger partial charge in [-0.05, 0) is 56.0 Å². The molecule has 40 heavy (non-hydrogen) atoms. The maximum atomic E-state index is 13.4. The molecule has 1 saturated carbocycles. The van der Waals surface area contributed by atoms with Gasteiger partial charge in [0.2, 0.25) is 21.8 Å². The first-order valence-corrected chi connectivity index (χ1v) is 15.5. The van der Waals surface area contributed by atoms with E-state index in [1.165, 1.54) is 11.0 Å². The Hall–Kier alpha value is -2.79. The summed E-state index contributed by atoms with van der Waals surface area (Å²) in [4.78, 5) is 28.0. The van der Waals surface area contributed by atoms with Crippen LogP contribution < -0.4 is 9.62 Å². The van der Waals surface area contributed by atoms with E-state index in [0.29, 0.717) is 10.6 Å². The summed E-state index contributed by atoms with van der Waals surface area (Å²) >= 11 is 6.33. The van der Waals surface area contributed by atoms with Gasteiger partial charge >= 0.3 is 6.18 Å². The van der Waals surface area contributed by atoms with Crippen LogP contribution in [0.15, 0.2) is 48.5 Å². The minimum absolute atomic E-state index is 0.0259. The smallest absolute Gasteiger partial charge is 0.352 e. The summed E-state index contributed by atoms with van der Waals surface area (Å²) in [6.45, 7) is 1.49. The Morgan fingerprint density at radius 2 is 1.75 bits per heavy atom. The van der Waals surface area contributed by atoms with Crippen LogP contribution in [0, 0.1) is 0 Å². The average molecular weight is 602 g/mol. The van der Waals surface area contributed by atoms with Crippen molar-refractivity contribution in [2.45, 2.75) is 76.7 Å². The molecule has 1 N–H and O–H groups in total. The van der Waals surface area contributed by atoms with Crippen LogP contribution in [0.25, 0.3) is 0 Å². The molecule has 2 aromatic carbocycles. The number of amides is 2. The molecule has 1 aliphatic carbocycles. The first-order chi connectivity index (χ1) is 18.8. The lowest BCUT2D eigenvalue weighted by Gasteiger charge is -2.31. The average Bonchev–Trinajstić information content (AvgIpc) is 2.89. The van der Waals surface area contributed by atoms with Crippen molar-refractivity contribution in [1.82, 2.24) is 10.2 Å². The number of nitrogens with one attached hydrogen (secondary N) is 1. The lowest BCUT2D eigenvalue weighted by atomic mass is 9.95. The Bertz CT molecular complexity index is 1280. The molecule has 0 spiro atoms.